The molecule has 1 aliphatic rings. The van der Waals surface area contributed by atoms with Crippen molar-refractivity contribution >= 4 is 0 Å². The monoisotopic (exact) mass is 316 g/mol. The molecular weight excluding hydrogens is 293 g/mol. The zero-order chi connectivity index (χ0) is 16.2. The van der Waals surface area contributed by atoms with Gasteiger partial charge in [-0.25, -0.2) is 0 Å². The Morgan fingerprint density at radius 2 is 1.82 bits per heavy atom. The van der Waals surface area contributed by atoms with E-state index in [9.17, 15) is 13.2 Å². The van der Waals surface area contributed by atoms with E-state index < -0.39 is 6.36 Å². The summed E-state index contributed by atoms with van der Waals surface area (Å²) >= 11 is 0. The van der Waals surface area contributed by atoms with E-state index in [2.05, 4.69) is 21.6 Å². The van der Waals surface area contributed by atoms with Gasteiger partial charge in [0.1, 0.15) is 5.75 Å². The van der Waals surface area contributed by atoms with Crippen molar-refractivity contribution in [1.82, 2.24) is 9.80 Å². The number of ether oxygens (including phenoxy) is 1. The van der Waals surface area contributed by atoms with Crippen molar-refractivity contribution in [2.24, 2.45) is 0 Å². The molecule has 1 saturated heterocycles. The van der Waals surface area contributed by atoms with Gasteiger partial charge in [0.15, 0.2) is 0 Å². The molecule has 1 aliphatic heterocycles. The predicted molar refractivity (Wildman–Crippen MR) is 80.1 cm³/mol. The summed E-state index contributed by atoms with van der Waals surface area (Å²) in [6.45, 7) is 7.25. The highest BCUT2D eigenvalue weighted by Crippen LogP contribution is 2.25. The molecule has 1 aromatic carbocycles. The van der Waals surface area contributed by atoms with Gasteiger partial charge in [0, 0.05) is 26.2 Å². The lowest BCUT2D eigenvalue weighted by molar-refractivity contribution is -0.274. The predicted octanol–water partition coefficient (Wildman–Crippen LogP) is 3.07. The zero-order valence-corrected chi connectivity index (χ0v) is 13.1. The Morgan fingerprint density at radius 3 is 2.41 bits per heavy atom. The second-order valence-corrected chi connectivity index (χ2v) is 5.88. The maximum atomic E-state index is 12.2. The molecule has 1 aromatic rings. The third kappa shape index (κ3) is 5.50. The summed E-state index contributed by atoms with van der Waals surface area (Å²) < 4.78 is 40.5. The topological polar surface area (TPSA) is 15.7 Å². The summed E-state index contributed by atoms with van der Waals surface area (Å²) in [5, 5.41) is 0. The molecule has 0 radical (unpaired) electrons. The summed E-state index contributed by atoms with van der Waals surface area (Å²) in [5.74, 6) is -0.146. The molecule has 124 valence electrons. The molecule has 6 heteroatoms. The number of benzene rings is 1. The van der Waals surface area contributed by atoms with Crippen LogP contribution in [0.3, 0.4) is 0 Å². The second kappa shape index (κ2) is 7.33. The van der Waals surface area contributed by atoms with Crippen molar-refractivity contribution < 1.29 is 17.9 Å². The fourth-order valence-electron chi connectivity index (χ4n) is 2.71. The first-order valence-electron chi connectivity index (χ1n) is 7.60. The van der Waals surface area contributed by atoms with E-state index in [1.807, 2.05) is 6.92 Å². The molecule has 0 spiro atoms. The van der Waals surface area contributed by atoms with Gasteiger partial charge in [-0.1, -0.05) is 6.07 Å². The number of halogens is 3. The Labute approximate surface area is 129 Å². The minimum Gasteiger partial charge on any atom is -0.406 e. The van der Waals surface area contributed by atoms with Crippen molar-refractivity contribution in [2.75, 3.05) is 39.8 Å². The lowest BCUT2D eigenvalue weighted by Gasteiger charge is -2.32. The molecule has 1 fully saturated rings. The maximum Gasteiger partial charge on any atom is 0.573 e. The number of alkyl halides is 3. The van der Waals surface area contributed by atoms with Gasteiger partial charge in [0.05, 0.1) is 0 Å². The molecular formula is C16H23F3N2O. The summed E-state index contributed by atoms with van der Waals surface area (Å²) in [7, 11) is 2.13. The third-order valence-corrected chi connectivity index (χ3v) is 4.06. The van der Waals surface area contributed by atoms with E-state index in [-0.39, 0.29) is 5.75 Å². The molecule has 2 rings (SSSR count). The summed E-state index contributed by atoms with van der Waals surface area (Å²) in [6, 6.07) is 4.59. The quantitative estimate of drug-likeness (QED) is 0.830. The Hall–Kier alpha value is -1.27. The molecule has 0 atom stereocenters. The smallest absolute Gasteiger partial charge is 0.406 e. The van der Waals surface area contributed by atoms with Gasteiger partial charge >= 0.3 is 6.36 Å². The number of likely N-dealkylation sites (N-methyl/N-ethyl adjacent to an activating group) is 1. The Morgan fingerprint density at radius 1 is 1.14 bits per heavy atom. The van der Waals surface area contributed by atoms with Crippen LogP contribution >= 0.6 is 0 Å². The van der Waals surface area contributed by atoms with E-state index in [1.165, 1.54) is 12.1 Å². The minimum atomic E-state index is -4.63. The third-order valence-electron chi connectivity index (χ3n) is 4.06. The first kappa shape index (κ1) is 17.1. The highest BCUT2D eigenvalue weighted by atomic mass is 19.4. The van der Waals surface area contributed by atoms with Crippen LogP contribution in [0, 0.1) is 6.92 Å². The fraction of sp³-hybridized carbons (Fsp3) is 0.625. The van der Waals surface area contributed by atoms with Crippen molar-refractivity contribution in [3.05, 3.63) is 29.3 Å². The van der Waals surface area contributed by atoms with Crippen LogP contribution in [0.4, 0.5) is 13.2 Å². The van der Waals surface area contributed by atoms with Gasteiger partial charge in [-0.2, -0.15) is 0 Å². The molecule has 22 heavy (non-hydrogen) atoms. The Kier molecular flexibility index (Phi) is 5.69. The number of hydrogen-bond acceptors (Lipinski definition) is 3. The van der Waals surface area contributed by atoms with Crippen LogP contribution in [0.15, 0.2) is 18.2 Å². The van der Waals surface area contributed by atoms with Crippen molar-refractivity contribution in [3.8, 4) is 5.75 Å². The van der Waals surface area contributed by atoms with Crippen molar-refractivity contribution in [3.63, 3.8) is 0 Å². The van der Waals surface area contributed by atoms with Gasteiger partial charge in [0.25, 0.3) is 0 Å². The number of piperazine rings is 1. The van der Waals surface area contributed by atoms with E-state index in [0.717, 1.165) is 56.7 Å². The van der Waals surface area contributed by atoms with Crippen LogP contribution in [0.25, 0.3) is 0 Å². The number of hydrogen-bond donors (Lipinski definition) is 0. The number of nitrogens with zero attached hydrogens (tertiary/aromatic N) is 2. The molecule has 3 nitrogen and oxygen atoms in total. The average molecular weight is 316 g/mol. The average Bonchev–Trinajstić information content (AvgIpc) is 2.41. The maximum absolute atomic E-state index is 12.2. The molecule has 0 bridgehead atoms. The summed E-state index contributed by atoms with van der Waals surface area (Å²) in [6.07, 6.45) is -2.73. The molecule has 0 amide bonds. The number of rotatable bonds is 5. The van der Waals surface area contributed by atoms with Crippen molar-refractivity contribution in [2.45, 2.75) is 26.1 Å². The van der Waals surface area contributed by atoms with Crippen molar-refractivity contribution in [1.29, 1.82) is 0 Å². The zero-order valence-electron chi connectivity index (χ0n) is 13.1. The van der Waals surface area contributed by atoms with Gasteiger partial charge in [0.2, 0.25) is 0 Å². The lowest BCUT2D eigenvalue weighted by atomic mass is 10.0. The molecule has 0 aromatic heterocycles. The van der Waals surface area contributed by atoms with E-state index in [0.29, 0.717) is 0 Å². The van der Waals surface area contributed by atoms with Gasteiger partial charge in [-0.05, 0) is 56.6 Å². The summed E-state index contributed by atoms with van der Waals surface area (Å²) in [4.78, 5) is 4.76. The van der Waals surface area contributed by atoms with Crippen LogP contribution in [-0.2, 0) is 6.42 Å². The standard InChI is InChI=1S/C16H23F3N2O/c1-13-12-15(22-16(17,18)19)6-5-14(13)4-3-7-21-10-8-20(2)9-11-21/h5-6,12H,3-4,7-11H2,1-2H3. The lowest BCUT2D eigenvalue weighted by Crippen LogP contribution is -2.44. The Balaban J connectivity index is 1.80. The van der Waals surface area contributed by atoms with E-state index in [1.54, 1.807) is 6.07 Å². The first-order chi connectivity index (χ1) is 10.3. The van der Waals surface area contributed by atoms with Gasteiger partial charge in [-0.15, -0.1) is 13.2 Å². The van der Waals surface area contributed by atoms with Gasteiger partial charge < -0.3 is 14.5 Å². The molecule has 0 unspecified atom stereocenters. The fourth-order valence-corrected chi connectivity index (χ4v) is 2.71. The molecule has 0 aliphatic carbocycles. The normalized spacial score (nSPS) is 17.7. The SMILES string of the molecule is Cc1cc(OC(F)(F)F)ccc1CCCN1CCN(C)CC1. The molecule has 0 saturated carbocycles. The summed E-state index contributed by atoms with van der Waals surface area (Å²) in [5.41, 5.74) is 1.93. The first-order valence-corrected chi connectivity index (χ1v) is 7.60. The van der Waals surface area contributed by atoms with E-state index in [4.69, 9.17) is 0 Å². The minimum absolute atomic E-state index is 0.146. The largest absolute Gasteiger partial charge is 0.573 e. The van der Waals surface area contributed by atoms with Gasteiger partial charge in [-0.3, -0.25) is 0 Å². The highest BCUT2D eigenvalue weighted by molar-refractivity contribution is 5.35. The van der Waals surface area contributed by atoms with Crippen LogP contribution in [0.2, 0.25) is 0 Å². The van der Waals surface area contributed by atoms with Crippen LogP contribution in [-0.4, -0.2) is 55.9 Å². The van der Waals surface area contributed by atoms with Crippen LogP contribution in [0.1, 0.15) is 17.5 Å². The van der Waals surface area contributed by atoms with Crippen LogP contribution in [0.5, 0.6) is 5.75 Å². The Bertz CT molecular complexity index is 483. The van der Waals surface area contributed by atoms with E-state index >= 15 is 0 Å². The molecule has 0 N–H and O–H groups in total. The van der Waals surface area contributed by atoms with Crippen LogP contribution < -0.4 is 4.74 Å². The highest BCUT2D eigenvalue weighted by Gasteiger charge is 2.31. The molecule has 1 heterocycles. The second-order valence-electron chi connectivity index (χ2n) is 5.88. The number of aryl methyl sites for hydroxylation is 2.